The van der Waals surface area contributed by atoms with Gasteiger partial charge in [-0.2, -0.15) is 0 Å². The second-order valence-corrected chi connectivity index (χ2v) is 6.29. The zero-order valence-corrected chi connectivity index (χ0v) is 14.8. The van der Waals surface area contributed by atoms with E-state index in [9.17, 15) is 4.79 Å². The molecule has 0 heterocycles. The second kappa shape index (κ2) is 7.01. The Morgan fingerprint density at radius 1 is 1.05 bits per heavy atom. The largest absolute Gasteiger partial charge is 0.492 e. The fourth-order valence-electron chi connectivity index (χ4n) is 1.79. The van der Waals surface area contributed by atoms with Crippen molar-refractivity contribution in [3.05, 3.63) is 61.0 Å². The molecular formula is C15H10BrCl3O2. The van der Waals surface area contributed by atoms with Crippen LogP contribution in [-0.2, 0) is 0 Å². The Balaban J connectivity index is 2.46. The Morgan fingerprint density at radius 3 is 2.33 bits per heavy atom. The van der Waals surface area contributed by atoms with Crippen molar-refractivity contribution in [3.63, 3.8) is 0 Å². The number of halogens is 4. The van der Waals surface area contributed by atoms with Gasteiger partial charge in [-0.15, -0.1) is 0 Å². The average molecular weight is 409 g/mol. The molecule has 2 aromatic carbocycles. The summed E-state index contributed by atoms with van der Waals surface area (Å²) in [6, 6.07) is 8.06. The number of carbonyl (C=O) groups excluding carboxylic acids is 1. The van der Waals surface area contributed by atoms with Gasteiger partial charge in [-0.25, -0.2) is 0 Å². The van der Waals surface area contributed by atoms with E-state index in [1.807, 2.05) is 6.92 Å². The van der Waals surface area contributed by atoms with Gasteiger partial charge in [0.15, 0.2) is 5.78 Å². The minimum atomic E-state index is -0.289. The molecule has 0 N–H and O–H groups in total. The van der Waals surface area contributed by atoms with E-state index in [-0.39, 0.29) is 16.4 Å². The molecule has 0 amide bonds. The van der Waals surface area contributed by atoms with Crippen LogP contribution in [0.3, 0.4) is 0 Å². The summed E-state index contributed by atoms with van der Waals surface area (Å²) in [5, 5.41) is 0.945. The summed E-state index contributed by atoms with van der Waals surface area (Å²) >= 11 is 21.6. The van der Waals surface area contributed by atoms with Crippen LogP contribution in [0.2, 0.25) is 15.1 Å². The van der Waals surface area contributed by atoms with Gasteiger partial charge in [0.2, 0.25) is 0 Å². The lowest BCUT2D eigenvalue weighted by Gasteiger charge is -2.10. The number of ether oxygens (including phenoxy) is 1. The summed E-state index contributed by atoms with van der Waals surface area (Å²) < 4.78 is 6.13. The van der Waals surface area contributed by atoms with Crippen LogP contribution in [0, 0.1) is 0 Å². The Morgan fingerprint density at radius 2 is 1.71 bits per heavy atom. The van der Waals surface area contributed by atoms with E-state index in [1.54, 1.807) is 18.2 Å². The normalized spacial score (nSPS) is 10.5. The predicted octanol–water partition coefficient (Wildman–Crippen LogP) is 6.04. The van der Waals surface area contributed by atoms with Gasteiger partial charge in [0.05, 0.1) is 21.7 Å². The van der Waals surface area contributed by atoms with Crippen LogP contribution in [0.15, 0.2) is 34.8 Å². The molecular weight excluding hydrogens is 398 g/mol. The smallest absolute Gasteiger partial charge is 0.196 e. The number of benzene rings is 2. The Labute approximate surface area is 146 Å². The molecule has 0 unspecified atom stereocenters. The molecule has 0 bridgehead atoms. The van der Waals surface area contributed by atoms with Gasteiger partial charge in [-0.3, -0.25) is 4.79 Å². The van der Waals surface area contributed by atoms with Crippen LogP contribution in [0.25, 0.3) is 0 Å². The highest BCUT2D eigenvalue weighted by Crippen LogP contribution is 2.33. The lowest BCUT2D eigenvalue weighted by atomic mass is 10.0. The molecule has 6 heteroatoms. The molecule has 0 atom stereocenters. The molecule has 0 saturated heterocycles. The standard InChI is InChI=1S/C15H10BrCl3O2/c1-2-21-14-7-12(18)10(6-13(14)19)15(20)9-4-3-8(16)5-11(9)17/h3-7H,2H2,1H3. The van der Waals surface area contributed by atoms with E-state index in [0.29, 0.717) is 28.0 Å². The van der Waals surface area contributed by atoms with Crippen molar-refractivity contribution >= 4 is 56.5 Å². The van der Waals surface area contributed by atoms with Gasteiger partial charge >= 0.3 is 0 Å². The van der Waals surface area contributed by atoms with Crippen LogP contribution in [0.4, 0.5) is 0 Å². The maximum absolute atomic E-state index is 12.5. The zero-order valence-electron chi connectivity index (χ0n) is 10.9. The zero-order chi connectivity index (χ0) is 15.6. The van der Waals surface area contributed by atoms with E-state index in [1.165, 1.54) is 12.1 Å². The highest BCUT2D eigenvalue weighted by atomic mass is 79.9. The number of carbonyl (C=O) groups is 1. The molecule has 0 aliphatic rings. The topological polar surface area (TPSA) is 26.3 Å². The quantitative estimate of drug-likeness (QED) is 0.577. The van der Waals surface area contributed by atoms with E-state index in [4.69, 9.17) is 39.5 Å². The first kappa shape index (κ1) is 16.6. The first-order chi connectivity index (χ1) is 9.93. The van der Waals surface area contributed by atoms with Crippen molar-refractivity contribution in [3.8, 4) is 5.75 Å². The van der Waals surface area contributed by atoms with Crippen molar-refractivity contribution in [2.24, 2.45) is 0 Å². The first-order valence-electron chi connectivity index (χ1n) is 6.05. The predicted molar refractivity (Wildman–Crippen MR) is 90.2 cm³/mol. The van der Waals surface area contributed by atoms with Gasteiger partial charge in [-0.1, -0.05) is 50.7 Å². The van der Waals surface area contributed by atoms with Crippen molar-refractivity contribution in [2.75, 3.05) is 6.61 Å². The van der Waals surface area contributed by atoms with E-state index >= 15 is 0 Å². The molecule has 2 rings (SSSR count). The van der Waals surface area contributed by atoms with Crippen molar-refractivity contribution in [1.82, 2.24) is 0 Å². The molecule has 0 saturated carbocycles. The average Bonchev–Trinajstić information content (AvgIpc) is 2.42. The van der Waals surface area contributed by atoms with Crippen molar-refractivity contribution < 1.29 is 9.53 Å². The SMILES string of the molecule is CCOc1cc(Cl)c(C(=O)c2ccc(Br)cc2Cl)cc1Cl. The van der Waals surface area contributed by atoms with Crippen LogP contribution in [-0.4, -0.2) is 12.4 Å². The maximum atomic E-state index is 12.5. The first-order valence-corrected chi connectivity index (χ1v) is 7.98. The lowest BCUT2D eigenvalue weighted by molar-refractivity contribution is 0.103. The van der Waals surface area contributed by atoms with Crippen molar-refractivity contribution in [1.29, 1.82) is 0 Å². The molecule has 21 heavy (non-hydrogen) atoms. The summed E-state index contributed by atoms with van der Waals surface area (Å²) in [6.07, 6.45) is 0. The van der Waals surface area contributed by atoms with E-state index in [0.717, 1.165) is 4.47 Å². The van der Waals surface area contributed by atoms with Crippen LogP contribution < -0.4 is 4.74 Å². The van der Waals surface area contributed by atoms with Crippen LogP contribution in [0.1, 0.15) is 22.8 Å². The summed E-state index contributed by atoms with van der Waals surface area (Å²) in [5.74, 6) is 0.157. The van der Waals surface area contributed by atoms with Gasteiger partial charge in [0.25, 0.3) is 0 Å². The highest BCUT2D eigenvalue weighted by molar-refractivity contribution is 9.10. The lowest BCUT2D eigenvalue weighted by Crippen LogP contribution is -2.04. The van der Waals surface area contributed by atoms with Gasteiger partial charge in [0, 0.05) is 21.7 Å². The molecule has 0 fully saturated rings. The van der Waals surface area contributed by atoms with Gasteiger partial charge in [-0.05, 0) is 31.2 Å². The molecule has 0 aromatic heterocycles. The molecule has 0 aliphatic heterocycles. The second-order valence-electron chi connectivity index (χ2n) is 4.15. The molecule has 110 valence electrons. The van der Waals surface area contributed by atoms with E-state index < -0.39 is 0 Å². The Kier molecular flexibility index (Phi) is 5.55. The third kappa shape index (κ3) is 3.72. The van der Waals surface area contributed by atoms with E-state index in [2.05, 4.69) is 15.9 Å². The summed E-state index contributed by atoms with van der Waals surface area (Å²) in [4.78, 5) is 12.5. The summed E-state index contributed by atoms with van der Waals surface area (Å²) in [6.45, 7) is 2.30. The third-order valence-corrected chi connectivity index (χ3v) is 4.16. The molecule has 0 spiro atoms. The molecule has 0 aliphatic carbocycles. The number of hydrogen-bond donors (Lipinski definition) is 0. The molecule has 0 radical (unpaired) electrons. The maximum Gasteiger partial charge on any atom is 0.196 e. The Bertz CT molecular complexity index is 702. The van der Waals surface area contributed by atoms with Gasteiger partial charge < -0.3 is 4.74 Å². The fourth-order valence-corrected chi connectivity index (χ4v) is 3.00. The number of hydrogen-bond acceptors (Lipinski definition) is 2. The number of ketones is 1. The van der Waals surface area contributed by atoms with Gasteiger partial charge in [0.1, 0.15) is 5.75 Å². The fraction of sp³-hybridized carbons (Fsp3) is 0.133. The monoisotopic (exact) mass is 406 g/mol. The van der Waals surface area contributed by atoms with Crippen LogP contribution >= 0.6 is 50.7 Å². The minimum Gasteiger partial charge on any atom is -0.492 e. The highest BCUT2D eigenvalue weighted by Gasteiger charge is 2.18. The minimum absolute atomic E-state index is 0.270. The number of rotatable bonds is 4. The summed E-state index contributed by atoms with van der Waals surface area (Å²) in [5.41, 5.74) is 0.649. The molecule has 2 nitrogen and oxygen atoms in total. The van der Waals surface area contributed by atoms with Crippen molar-refractivity contribution in [2.45, 2.75) is 6.92 Å². The molecule has 2 aromatic rings. The Hall–Kier alpha value is -0.740. The van der Waals surface area contributed by atoms with Crippen LogP contribution in [0.5, 0.6) is 5.75 Å². The third-order valence-electron chi connectivity index (χ3n) is 2.74. The summed E-state index contributed by atoms with van der Waals surface area (Å²) in [7, 11) is 0.